The normalized spacial score (nSPS) is 19.2. The van der Waals surface area contributed by atoms with Gasteiger partial charge in [0.1, 0.15) is 11.5 Å². The van der Waals surface area contributed by atoms with E-state index in [9.17, 15) is 9.59 Å². The molecule has 2 fully saturated rings. The van der Waals surface area contributed by atoms with Crippen molar-refractivity contribution in [2.45, 2.75) is 77.8 Å². The zero-order valence-electron chi connectivity index (χ0n) is 24.5. The van der Waals surface area contributed by atoms with E-state index < -0.39 is 6.09 Å². The van der Waals surface area contributed by atoms with Crippen LogP contribution in [0.3, 0.4) is 0 Å². The number of alkyl carbamates (subject to hydrolysis) is 1. The summed E-state index contributed by atoms with van der Waals surface area (Å²) in [7, 11) is 1.29. The van der Waals surface area contributed by atoms with Crippen LogP contribution < -0.4 is 10.2 Å². The van der Waals surface area contributed by atoms with E-state index in [0.717, 1.165) is 54.7 Å². The van der Waals surface area contributed by atoms with Gasteiger partial charge in [0, 0.05) is 18.8 Å². The standard InChI is InChI=1S/C32H41N5O3/c1-20(2)28(35-31(39)40-6)30(38)37-18-8-10-27(37)29-33-24-16-11-21(19-25(24)34-29)26-9-7-17-36(26)23-14-12-22(13-15-23)32(3,4)5/h11-16,19,26-27H,7-10,17-18H2,1-6H3,(H,33,34)(H,35,39)/t26-,27-/m0/s1. The Balaban J connectivity index is 1.38. The summed E-state index contributed by atoms with van der Waals surface area (Å²) < 4.78 is 4.73. The number of rotatable bonds is 5. The predicted molar refractivity (Wildman–Crippen MR) is 158 cm³/mol. The second kappa shape index (κ2) is 11.0. The SMILES string of the molecule is COC(=O)NC(C(=O)N1CCC[C@H]1c1nc2ccc([C@@H]3CCCN3c3ccc(C(C)(C)C)cc3)cc2[nH]1)=C(C)C. The number of hydrogen-bond donors (Lipinski definition) is 2. The van der Waals surface area contributed by atoms with Gasteiger partial charge in [0.05, 0.1) is 30.2 Å². The highest BCUT2D eigenvalue weighted by atomic mass is 16.5. The third-order valence-corrected chi connectivity index (χ3v) is 8.18. The van der Waals surface area contributed by atoms with Crippen LogP contribution in [0, 0.1) is 0 Å². The molecule has 0 spiro atoms. The molecule has 212 valence electrons. The number of anilines is 1. The molecule has 2 amide bonds. The van der Waals surface area contributed by atoms with Crippen LogP contribution in [0.2, 0.25) is 0 Å². The fourth-order valence-corrected chi connectivity index (χ4v) is 5.97. The van der Waals surface area contributed by atoms with Crippen LogP contribution in [-0.2, 0) is 14.9 Å². The van der Waals surface area contributed by atoms with Gasteiger partial charge in [-0.25, -0.2) is 9.78 Å². The molecular weight excluding hydrogens is 502 g/mol. The second-order valence-electron chi connectivity index (χ2n) is 12.2. The lowest BCUT2D eigenvalue weighted by molar-refractivity contribution is -0.128. The van der Waals surface area contributed by atoms with Crippen molar-refractivity contribution in [3.05, 3.63) is 70.7 Å². The van der Waals surface area contributed by atoms with Gasteiger partial charge in [-0.05, 0) is 85.9 Å². The topological polar surface area (TPSA) is 90.6 Å². The molecule has 0 radical (unpaired) electrons. The van der Waals surface area contributed by atoms with Gasteiger partial charge in [-0.15, -0.1) is 0 Å². The van der Waals surface area contributed by atoms with Crippen molar-refractivity contribution in [3.8, 4) is 0 Å². The minimum absolute atomic E-state index is 0.136. The Morgan fingerprint density at radius 3 is 2.38 bits per heavy atom. The number of hydrogen-bond acceptors (Lipinski definition) is 5. The number of carbonyl (C=O) groups is 2. The first-order chi connectivity index (χ1) is 19.1. The average molecular weight is 544 g/mol. The number of ether oxygens (including phenoxy) is 1. The molecule has 3 aromatic rings. The highest BCUT2D eigenvalue weighted by Crippen LogP contribution is 2.38. The van der Waals surface area contributed by atoms with Gasteiger partial charge in [-0.2, -0.15) is 0 Å². The Kier molecular flexibility index (Phi) is 7.62. The first-order valence-corrected chi connectivity index (χ1v) is 14.3. The molecule has 3 heterocycles. The van der Waals surface area contributed by atoms with Crippen molar-refractivity contribution in [1.82, 2.24) is 20.2 Å². The number of amides is 2. The fraction of sp³-hybridized carbons (Fsp3) is 0.469. The lowest BCUT2D eigenvalue weighted by atomic mass is 9.87. The van der Waals surface area contributed by atoms with Crippen molar-refractivity contribution in [1.29, 1.82) is 0 Å². The van der Waals surface area contributed by atoms with Crippen LogP contribution in [0.15, 0.2) is 53.7 Å². The number of imidazole rings is 1. The summed E-state index contributed by atoms with van der Waals surface area (Å²) in [6.07, 6.45) is 3.30. The van der Waals surface area contributed by atoms with Crippen LogP contribution in [-0.4, -0.2) is 47.1 Å². The van der Waals surface area contributed by atoms with E-state index in [1.807, 2.05) is 13.8 Å². The Labute approximate surface area is 236 Å². The molecule has 8 heteroatoms. The third-order valence-electron chi connectivity index (χ3n) is 8.18. The van der Waals surface area contributed by atoms with E-state index >= 15 is 0 Å². The minimum atomic E-state index is -0.650. The molecule has 40 heavy (non-hydrogen) atoms. The van der Waals surface area contributed by atoms with Gasteiger partial charge in [-0.1, -0.05) is 39.0 Å². The summed E-state index contributed by atoms with van der Waals surface area (Å²) >= 11 is 0. The number of nitrogens with one attached hydrogen (secondary N) is 2. The molecule has 0 bridgehead atoms. The maximum Gasteiger partial charge on any atom is 0.411 e. The molecule has 0 aliphatic carbocycles. The van der Waals surface area contributed by atoms with Crippen LogP contribution in [0.5, 0.6) is 0 Å². The van der Waals surface area contributed by atoms with Gasteiger partial charge in [0.25, 0.3) is 5.91 Å². The number of benzene rings is 2. The molecule has 0 saturated carbocycles. The van der Waals surface area contributed by atoms with Crippen LogP contribution in [0.4, 0.5) is 10.5 Å². The number of nitrogens with zero attached hydrogens (tertiary/aromatic N) is 3. The van der Waals surface area contributed by atoms with E-state index in [2.05, 4.69) is 78.4 Å². The second-order valence-corrected chi connectivity index (χ2v) is 12.2. The Bertz CT molecular complexity index is 1430. The van der Waals surface area contributed by atoms with E-state index in [4.69, 9.17) is 9.72 Å². The summed E-state index contributed by atoms with van der Waals surface area (Å²) in [6.45, 7) is 12.0. The van der Waals surface area contributed by atoms with Gasteiger partial charge in [0.2, 0.25) is 0 Å². The smallest absolute Gasteiger partial charge is 0.411 e. The molecule has 2 aliphatic rings. The average Bonchev–Trinajstić information content (AvgIpc) is 3.69. The molecular formula is C32H41N5O3. The Morgan fingerprint density at radius 1 is 1.00 bits per heavy atom. The Morgan fingerprint density at radius 2 is 1.70 bits per heavy atom. The lowest BCUT2D eigenvalue weighted by Crippen LogP contribution is -2.39. The van der Waals surface area contributed by atoms with Crippen molar-refractivity contribution in [2.24, 2.45) is 0 Å². The quantitative estimate of drug-likeness (QED) is 0.358. The first kappa shape index (κ1) is 27.7. The molecule has 2 atom stereocenters. The molecule has 2 aliphatic heterocycles. The highest BCUT2D eigenvalue weighted by molar-refractivity contribution is 5.97. The number of aromatic amines is 1. The molecule has 1 aromatic heterocycles. The van der Waals surface area contributed by atoms with E-state index in [1.165, 1.54) is 23.9 Å². The van der Waals surface area contributed by atoms with Crippen LogP contribution in [0.25, 0.3) is 11.0 Å². The van der Waals surface area contributed by atoms with E-state index in [-0.39, 0.29) is 23.1 Å². The summed E-state index contributed by atoms with van der Waals surface area (Å²) in [5, 5.41) is 2.60. The predicted octanol–water partition coefficient (Wildman–Crippen LogP) is 6.52. The van der Waals surface area contributed by atoms with Crippen LogP contribution in [0.1, 0.15) is 89.3 Å². The van der Waals surface area contributed by atoms with Gasteiger partial charge >= 0.3 is 6.09 Å². The lowest BCUT2D eigenvalue weighted by Gasteiger charge is -2.28. The van der Waals surface area contributed by atoms with Crippen molar-refractivity contribution in [3.63, 3.8) is 0 Å². The molecule has 8 nitrogen and oxygen atoms in total. The van der Waals surface area contributed by atoms with Crippen molar-refractivity contribution >= 4 is 28.7 Å². The number of aromatic nitrogens is 2. The largest absolute Gasteiger partial charge is 0.453 e. The van der Waals surface area contributed by atoms with Gasteiger partial charge < -0.3 is 19.5 Å². The maximum atomic E-state index is 13.5. The monoisotopic (exact) mass is 543 g/mol. The van der Waals surface area contributed by atoms with Gasteiger partial charge in [-0.3, -0.25) is 10.1 Å². The fourth-order valence-electron chi connectivity index (χ4n) is 5.97. The minimum Gasteiger partial charge on any atom is -0.453 e. The summed E-state index contributed by atoms with van der Waals surface area (Å²) in [5.74, 6) is 0.568. The molecule has 5 rings (SSSR count). The third kappa shape index (κ3) is 5.44. The molecule has 2 saturated heterocycles. The summed E-state index contributed by atoms with van der Waals surface area (Å²) in [6, 6.07) is 15.7. The van der Waals surface area contributed by atoms with E-state index in [0.29, 0.717) is 12.6 Å². The van der Waals surface area contributed by atoms with Gasteiger partial charge in [0.15, 0.2) is 0 Å². The zero-order valence-corrected chi connectivity index (χ0v) is 24.5. The Hall–Kier alpha value is -3.81. The molecule has 2 aromatic carbocycles. The summed E-state index contributed by atoms with van der Waals surface area (Å²) in [4.78, 5) is 38.1. The van der Waals surface area contributed by atoms with Crippen molar-refractivity contribution in [2.75, 3.05) is 25.1 Å². The zero-order chi connectivity index (χ0) is 28.6. The number of methoxy groups -OCH3 is 1. The number of likely N-dealkylation sites (tertiary alicyclic amines) is 1. The number of carbonyl (C=O) groups excluding carboxylic acids is 2. The molecule has 2 N–H and O–H groups in total. The van der Waals surface area contributed by atoms with Crippen molar-refractivity contribution < 1.29 is 14.3 Å². The number of fused-ring (bicyclic) bond motifs is 1. The number of H-pyrrole nitrogens is 1. The first-order valence-electron chi connectivity index (χ1n) is 14.3. The van der Waals surface area contributed by atoms with E-state index in [1.54, 1.807) is 4.90 Å². The highest BCUT2D eigenvalue weighted by Gasteiger charge is 2.35. The maximum absolute atomic E-state index is 13.5. The molecule has 0 unspecified atom stereocenters. The summed E-state index contributed by atoms with van der Waals surface area (Å²) in [5.41, 5.74) is 6.88. The number of allylic oxidation sites excluding steroid dienone is 1. The van der Waals surface area contributed by atoms with Crippen LogP contribution >= 0.6 is 0 Å².